The minimum Gasteiger partial charge on any atom is -0.342 e. The Balaban J connectivity index is 1.45. The van der Waals surface area contributed by atoms with Gasteiger partial charge in [0.2, 0.25) is 5.91 Å². The van der Waals surface area contributed by atoms with Crippen LogP contribution in [0.15, 0.2) is 24.8 Å². The third-order valence-electron chi connectivity index (χ3n) is 5.36. The molecule has 3 aromatic heterocycles. The fourth-order valence-electron chi connectivity index (χ4n) is 3.57. The summed E-state index contributed by atoms with van der Waals surface area (Å²) in [5, 5.41) is 8.16. The number of aromatic nitrogens is 4. The van der Waals surface area contributed by atoms with E-state index in [4.69, 9.17) is 0 Å². The molecule has 0 spiro atoms. The van der Waals surface area contributed by atoms with Crippen LogP contribution < -0.4 is 16.0 Å². The lowest BCUT2D eigenvalue weighted by molar-refractivity contribution is -0.138. The zero-order chi connectivity index (χ0) is 26.0. The van der Waals surface area contributed by atoms with Crippen molar-refractivity contribution in [2.45, 2.75) is 45.3 Å². The summed E-state index contributed by atoms with van der Waals surface area (Å²) < 4.78 is 39.4. The van der Waals surface area contributed by atoms with Gasteiger partial charge in [-0.3, -0.25) is 14.4 Å². The van der Waals surface area contributed by atoms with E-state index in [0.29, 0.717) is 35.7 Å². The van der Waals surface area contributed by atoms with E-state index in [1.807, 2.05) is 0 Å². The van der Waals surface area contributed by atoms with Crippen LogP contribution in [0.3, 0.4) is 0 Å². The van der Waals surface area contributed by atoms with Crippen molar-refractivity contribution < 1.29 is 27.6 Å². The van der Waals surface area contributed by atoms with E-state index in [1.165, 1.54) is 19.4 Å². The van der Waals surface area contributed by atoms with Crippen molar-refractivity contribution in [3.8, 4) is 0 Å². The molecule has 1 aliphatic rings. The molecule has 0 fully saturated rings. The fourth-order valence-corrected chi connectivity index (χ4v) is 4.38. The van der Waals surface area contributed by atoms with Gasteiger partial charge in [-0.15, -0.1) is 11.3 Å². The quantitative estimate of drug-likeness (QED) is 0.467. The van der Waals surface area contributed by atoms with Gasteiger partial charge in [0.1, 0.15) is 33.5 Å². The largest absolute Gasteiger partial charge is 0.416 e. The zero-order valence-corrected chi connectivity index (χ0v) is 19.9. The van der Waals surface area contributed by atoms with Gasteiger partial charge in [-0.1, -0.05) is 0 Å². The summed E-state index contributed by atoms with van der Waals surface area (Å²) in [7, 11) is 0. The van der Waals surface area contributed by atoms with Crippen LogP contribution in [0, 0.1) is 6.92 Å². The van der Waals surface area contributed by atoms with Crippen molar-refractivity contribution in [3.05, 3.63) is 57.1 Å². The van der Waals surface area contributed by atoms with Crippen molar-refractivity contribution in [2.24, 2.45) is 0 Å². The number of carbonyl (C=O) groups excluding carboxylic acids is 3. The van der Waals surface area contributed by atoms with Crippen LogP contribution in [0.25, 0.3) is 0 Å². The average molecular weight is 520 g/mol. The number of aryl methyl sites for hydroxylation is 1. The van der Waals surface area contributed by atoms with Crippen LogP contribution in [-0.4, -0.2) is 37.7 Å². The second-order valence-corrected chi connectivity index (χ2v) is 9.11. The molecule has 0 saturated heterocycles. The molecule has 0 aliphatic carbocycles. The Labute approximate surface area is 206 Å². The maximum atomic E-state index is 13.1. The first-order chi connectivity index (χ1) is 17.0. The van der Waals surface area contributed by atoms with Gasteiger partial charge in [-0.25, -0.2) is 19.9 Å². The van der Waals surface area contributed by atoms with Crippen LogP contribution in [0.2, 0.25) is 0 Å². The van der Waals surface area contributed by atoms with Crippen molar-refractivity contribution in [1.82, 2.24) is 25.3 Å². The molecule has 4 heterocycles. The number of alkyl halides is 3. The third-order valence-corrected chi connectivity index (χ3v) is 6.54. The van der Waals surface area contributed by atoms with E-state index in [2.05, 4.69) is 35.9 Å². The van der Waals surface area contributed by atoms with Gasteiger partial charge in [0, 0.05) is 18.2 Å². The Morgan fingerprint density at radius 2 is 1.89 bits per heavy atom. The molecule has 1 aliphatic heterocycles. The predicted octanol–water partition coefficient (Wildman–Crippen LogP) is 3.67. The van der Waals surface area contributed by atoms with Crippen LogP contribution in [0.4, 0.5) is 24.8 Å². The highest BCUT2D eigenvalue weighted by Crippen LogP contribution is 2.33. The highest BCUT2D eigenvalue weighted by molar-refractivity contribution is 7.13. The van der Waals surface area contributed by atoms with E-state index < -0.39 is 29.6 Å². The van der Waals surface area contributed by atoms with E-state index in [0.717, 1.165) is 23.6 Å². The van der Waals surface area contributed by atoms with Crippen molar-refractivity contribution in [3.63, 3.8) is 0 Å². The molecule has 0 radical (unpaired) electrons. The van der Waals surface area contributed by atoms with Crippen LogP contribution >= 0.6 is 11.3 Å². The van der Waals surface area contributed by atoms with Gasteiger partial charge in [-0.05, 0) is 38.3 Å². The molecule has 3 amide bonds. The Morgan fingerprint density at radius 3 is 2.64 bits per heavy atom. The number of pyridine rings is 1. The second-order valence-electron chi connectivity index (χ2n) is 8.05. The first-order valence-electron chi connectivity index (χ1n) is 10.8. The van der Waals surface area contributed by atoms with Crippen LogP contribution in [-0.2, 0) is 17.4 Å². The normalized spacial score (nSPS) is 14.3. The van der Waals surface area contributed by atoms with Gasteiger partial charge in [0.15, 0.2) is 0 Å². The Bertz CT molecular complexity index is 1340. The lowest BCUT2D eigenvalue weighted by Crippen LogP contribution is -2.29. The third kappa shape index (κ3) is 5.48. The topological polar surface area (TPSA) is 139 Å². The molecule has 0 aromatic carbocycles. The molecule has 0 bridgehead atoms. The first-order valence-corrected chi connectivity index (χ1v) is 11.6. The Morgan fingerprint density at radius 1 is 1.11 bits per heavy atom. The summed E-state index contributed by atoms with van der Waals surface area (Å²) in [4.78, 5) is 53.5. The maximum absolute atomic E-state index is 13.1. The molecule has 36 heavy (non-hydrogen) atoms. The zero-order valence-electron chi connectivity index (χ0n) is 19.1. The molecule has 3 aromatic rings. The molecular weight excluding hydrogens is 499 g/mol. The van der Waals surface area contributed by atoms with Crippen LogP contribution in [0.1, 0.15) is 67.7 Å². The van der Waals surface area contributed by atoms with Crippen molar-refractivity contribution in [2.75, 3.05) is 10.6 Å². The number of rotatable bonds is 5. The number of hydrogen-bond donors (Lipinski definition) is 3. The molecule has 3 N–H and O–H groups in total. The molecular formula is C22H20F3N7O3S. The second kappa shape index (κ2) is 9.97. The number of nitrogens with one attached hydrogen (secondary N) is 3. The van der Waals surface area contributed by atoms with Crippen molar-refractivity contribution >= 4 is 40.7 Å². The van der Waals surface area contributed by atoms with E-state index in [1.54, 1.807) is 6.92 Å². The summed E-state index contributed by atoms with van der Waals surface area (Å²) in [5.41, 5.74) is -0.282. The lowest BCUT2D eigenvalue weighted by Gasteiger charge is -2.14. The number of halogens is 3. The minimum absolute atomic E-state index is 0.0619. The minimum atomic E-state index is -4.58. The van der Waals surface area contributed by atoms with Crippen molar-refractivity contribution in [1.29, 1.82) is 0 Å². The highest BCUT2D eigenvalue weighted by Gasteiger charge is 2.33. The standard InChI is InChI=1S/C22H20F3N7O3S/c1-10-7-26-15(6-13(10)22(23,24)25)31-19(34)14-8-27-21(36-14)11(2)30-20(35)17-12-4-3-5-16(33)32-18(12)29-9-28-17/h6-9,11H,3-5H2,1-2H3,(H,30,35)(H,26,31,34)(H,28,29,32,33)/t11-/m1/s1. The number of fused-ring (bicyclic) bond motifs is 1. The molecule has 4 rings (SSSR count). The summed E-state index contributed by atoms with van der Waals surface area (Å²) in [5.74, 6) is -1.31. The number of carbonyl (C=O) groups is 3. The number of thiazole rings is 1. The van der Waals surface area contributed by atoms with Gasteiger partial charge >= 0.3 is 6.18 Å². The van der Waals surface area contributed by atoms with Gasteiger partial charge < -0.3 is 16.0 Å². The summed E-state index contributed by atoms with van der Waals surface area (Å²) in [6, 6.07) is 0.162. The summed E-state index contributed by atoms with van der Waals surface area (Å²) in [6.45, 7) is 2.94. The fraction of sp³-hybridized carbons (Fsp3) is 0.318. The van der Waals surface area contributed by atoms with Gasteiger partial charge in [0.05, 0.1) is 17.8 Å². The average Bonchev–Trinajstić information content (AvgIpc) is 3.23. The van der Waals surface area contributed by atoms with Gasteiger partial charge in [-0.2, -0.15) is 13.2 Å². The number of amides is 3. The van der Waals surface area contributed by atoms with Crippen LogP contribution in [0.5, 0.6) is 0 Å². The smallest absolute Gasteiger partial charge is 0.342 e. The molecule has 0 unspecified atom stereocenters. The summed E-state index contributed by atoms with van der Waals surface area (Å²) in [6.07, 6.45) is 0.235. The Kier molecular flexibility index (Phi) is 6.97. The van der Waals surface area contributed by atoms with Gasteiger partial charge in [0.25, 0.3) is 11.8 Å². The number of hydrogen-bond acceptors (Lipinski definition) is 8. The highest BCUT2D eigenvalue weighted by atomic mass is 32.1. The SMILES string of the molecule is Cc1cnc(NC(=O)c2cnc([C@@H](C)NC(=O)c3ncnc4c3CCCC(=O)N4)s2)cc1C(F)(F)F. The number of nitrogens with zero attached hydrogens (tertiary/aromatic N) is 4. The molecule has 1 atom stereocenters. The maximum Gasteiger partial charge on any atom is 0.416 e. The molecule has 188 valence electrons. The number of anilines is 2. The van der Waals surface area contributed by atoms with E-state index >= 15 is 0 Å². The predicted molar refractivity (Wildman–Crippen MR) is 124 cm³/mol. The lowest BCUT2D eigenvalue weighted by atomic mass is 10.1. The Hall–Kier alpha value is -3.94. The molecule has 10 nitrogen and oxygen atoms in total. The first kappa shape index (κ1) is 25.2. The summed E-state index contributed by atoms with van der Waals surface area (Å²) >= 11 is 0.973. The molecule has 14 heteroatoms. The van der Waals surface area contributed by atoms with E-state index in [9.17, 15) is 27.6 Å². The monoisotopic (exact) mass is 519 g/mol. The molecule has 0 saturated carbocycles. The van der Waals surface area contributed by atoms with E-state index in [-0.39, 0.29) is 27.9 Å².